The van der Waals surface area contributed by atoms with Gasteiger partial charge in [-0.05, 0) is 36.4 Å². The molecule has 0 saturated carbocycles. The fourth-order valence-corrected chi connectivity index (χ4v) is 3.93. The molecule has 4 nitrogen and oxygen atoms in total. The van der Waals surface area contributed by atoms with Crippen LogP contribution in [-0.4, -0.2) is 22.6 Å². The molecule has 0 radical (unpaired) electrons. The van der Waals surface area contributed by atoms with Gasteiger partial charge < -0.3 is 9.24 Å². The van der Waals surface area contributed by atoms with E-state index in [0.29, 0.717) is 23.1 Å². The topological polar surface area (TPSA) is 43.1 Å². The number of fused-ring (bicyclic) bond motifs is 1. The average Bonchev–Trinajstić information content (AvgIpc) is 3.32. The molecule has 3 aromatic rings. The van der Waals surface area contributed by atoms with E-state index in [2.05, 4.69) is 5.16 Å². The zero-order chi connectivity index (χ0) is 21.0. The van der Waals surface area contributed by atoms with Gasteiger partial charge in [0.1, 0.15) is 0 Å². The second-order valence-corrected chi connectivity index (χ2v) is 7.63. The molecule has 150 valence electrons. The highest BCUT2D eigenvalue weighted by Crippen LogP contribution is 2.50. The first-order valence-corrected chi connectivity index (χ1v) is 9.34. The molecule has 10 heteroatoms. The van der Waals surface area contributed by atoms with Gasteiger partial charge in [-0.25, -0.2) is 0 Å². The normalized spacial score (nSPS) is 19.3. The number of oxime groups is 1. The van der Waals surface area contributed by atoms with E-state index in [1.807, 2.05) is 0 Å². The van der Waals surface area contributed by atoms with Gasteiger partial charge in [0.25, 0.3) is 5.60 Å². The summed E-state index contributed by atoms with van der Waals surface area (Å²) in [6.07, 6.45) is -3.14. The number of rotatable bonds is 3. The minimum Gasteiger partial charge on any atom is -0.374 e. The molecular formula is C19H10Cl3F3N2O2. The summed E-state index contributed by atoms with van der Waals surface area (Å²) in [4.78, 5) is 16.2. The third kappa shape index (κ3) is 3.08. The highest BCUT2D eigenvalue weighted by Gasteiger charge is 2.62. The summed E-state index contributed by atoms with van der Waals surface area (Å²) in [6.45, 7) is 0. The van der Waals surface area contributed by atoms with Crippen LogP contribution in [0, 0.1) is 0 Å². The number of aldehydes is 1. The van der Waals surface area contributed by atoms with Crippen LogP contribution < -0.4 is 0 Å². The Kier molecular flexibility index (Phi) is 4.80. The largest absolute Gasteiger partial charge is 0.435 e. The van der Waals surface area contributed by atoms with Crippen LogP contribution in [0.1, 0.15) is 28.0 Å². The maximum Gasteiger partial charge on any atom is 0.435 e. The Morgan fingerprint density at radius 2 is 1.83 bits per heavy atom. The Morgan fingerprint density at radius 1 is 1.14 bits per heavy atom. The number of halogens is 6. The van der Waals surface area contributed by atoms with Crippen LogP contribution in [0.2, 0.25) is 15.1 Å². The van der Waals surface area contributed by atoms with Crippen LogP contribution >= 0.6 is 34.8 Å². The van der Waals surface area contributed by atoms with Crippen molar-refractivity contribution in [3.63, 3.8) is 0 Å². The Bertz CT molecular complexity index is 1150. The summed E-state index contributed by atoms with van der Waals surface area (Å²) >= 11 is 17.8. The van der Waals surface area contributed by atoms with E-state index in [9.17, 15) is 18.0 Å². The first-order valence-electron chi connectivity index (χ1n) is 8.20. The molecule has 29 heavy (non-hydrogen) atoms. The van der Waals surface area contributed by atoms with Gasteiger partial charge in [0.05, 0.1) is 38.4 Å². The van der Waals surface area contributed by atoms with Crippen molar-refractivity contribution in [1.29, 1.82) is 0 Å². The highest BCUT2D eigenvalue weighted by atomic mass is 35.5. The predicted octanol–water partition coefficient (Wildman–Crippen LogP) is 6.29. The minimum absolute atomic E-state index is 0.0482. The zero-order valence-corrected chi connectivity index (χ0v) is 16.6. The van der Waals surface area contributed by atoms with Gasteiger partial charge in [0, 0.05) is 17.3 Å². The molecule has 1 aliphatic rings. The molecule has 0 aliphatic carbocycles. The summed E-state index contributed by atoms with van der Waals surface area (Å²) in [6, 6.07) is 8.54. The van der Waals surface area contributed by atoms with Crippen molar-refractivity contribution < 1.29 is 22.8 Å². The van der Waals surface area contributed by atoms with Gasteiger partial charge in [0.15, 0.2) is 6.29 Å². The van der Waals surface area contributed by atoms with Crippen molar-refractivity contribution in [3.8, 4) is 0 Å². The summed E-state index contributed by atoms with van der Waals surface area (Å²) < 4.78 is 44.0. The third-order valence-electron chi connectivity index (χ3n) is 4.79. The highest BCUT2D eigenvalue weighted by molar-refractivity contribution is 6.48. The number of carbonyl (C=O) groups excluding carboxylic acids is 1. The zero-order valence-electron chi connectivity index (χ0n) is 14.3. The van der Waals surface area contributed by atoms with Crippen molar-refractivity contribution in [2.75, 3.05) is 0 Å². The molecule has 1 aliphatic heterocycles. The van der Waals surface area contributed by atoms with Gasteiger partial charge in [-0.15, -0.1) is 0 Å². The number of hydrogen-bond acceptors (Lipinski definition) is 3. The first-order chi connectivity index (χ1) is 13.7. The quantitative estimate of drug-likeness (QED) is 0.340. The number of carbonyl (C=O) groups is 1. The van der Waals surface area contributed by atoms with Crippen LogP contribution in [0.15, 0.2) is 47.8 Å². The lowest BCUT2D eigenvalue weighted by Crippen LogP contribution is -2.42. The van der Waals surface area contributed by atoms with Gasteiger partial charge in [-0.3, -0.25) is 4.79 Å². The van der Waals surface area contributed by atoms with E-state index >= 15 is 0 Å². The van der Waals surface area contributed by atoms with Crippen molar-refractivity contribution >= 4 is 52.3 Å². The lowest BCUT2D eigenvalue weighted by Gasteiger charge is -2.30. The molecule has 0 N–H and O–H groups in total. The van der Waals surface area contributed by atoms with Crippen molar-refractivity contribution in [2.45, 2.75) is 18.2 Å². The van der Waals surface area contributed by atoms with Crippen LogP contribution in [0.25, 0.3) is 5.52 Å². The van der Waals surface area contributed by atoms with E-state index in [0.717, 1.165) is 12.1 Å². The maximum absolute atomic E-state index is 14.2. The second kappa shape index (κ2) is 6.93. The molecular weight excluding hydrogens is 452 g/mol. The molecule has 0 saturated heterocycles. The van der Waals surface area contributed by atoms with E-state index in [4.69, 9.17) is 39.6 Å². The van der Waals surface area contributed by atoms with Gasteiger partial charge >= 0.3 is 6.18 Å². The molecule has 0 bridgehead atoms. The monoisotopic (exact) mass is 460 g/mol. The lowest BCUT2D eigenvalue weighted by molar-refractivity contribution is -0.275. The van der Waals surface area contributed by atoms with Crippen molar-refractivity contribution in [3.05, 3.63) is 74.5 Å². The number of pyridine rings is 1. The van der Waals surface area contributed by atoms with Crippen LogP contribution in [-0.2, 0) is 10.4 Å². The summed E-state index contributed by atoms with van der Waals surface area (Å²) in [5.74, 6) is 0. The van der Waals surface area contributed by atoms with Crippen LogP contribution in [0.3, 0.4) is 0 Å². The van der Waals surface area contributed by atoms with E-state index in [-0.39, 0.29) is 26.3 Å². The summed E-state index contributed by atoms with van der Waals surface area (Å²) in [5.41, 5.74) is -1.70. The molecule has 1 unspecified atom stereocenters. The molecule has 1 aromatic carbocycles. The second-order valence-electron chi connectivity index (χ2n) is 6.44. The third-order valence-corrected chi connectivity index (χ3v) is 5.99. The SMILES string of the molecule is O=Cc1ccc(C2=NOC(c3cc(Cl)c(Cl)c(Cl)c3)(C(F)(F)F)C2)c2cccn12. The van der Waals surface area contributed by atoms with Gasteiger partial charge in [-0.2, -0.15) is 13.2 Å². The number of nitrogens with zero attached hydrogens (tertiary/aromatic N) is 2. The number of benzene rings is 1. The fraction of sp³-hybridized carbons (Fsp3) is 0.158. The van der Waals surface area contributed by atoms with Crippen LogP contribution in [0.5, 0.6) is 0 Å². The molecule has 0 amide bonds. The van der Waals surface area contributed by atoms with Gasteiger partial charge in [0.2, 0.25) is 0 Å². The maximum atomic E-state index is 14.2. The molecule has 4 rings (SSSR count). The number of aromatic nitrogens is 1. The van der Waals surface area contributed by atoms with Gasteiger partial charge in [-0.1, -0.05) is 40.0 Å². The Hall–Kier alpha value is -2.22. The first kappa shape index (κ1) is 20.1. The molecule has 3 heterocycles. The number of hydrogen-bond donors (Lipinski definition) is 0. The Labute approximate surface area is 177 Å². The van der Waals surface area contributed by atoms with Crippen LogP contribution in [0.4, 0.5) is 13.2 Å². The summed E-state index contributed by atoms with van der Waals surface area (Å²) in [5, 5.41) is 3.45. The van der Waals surface area contributed by atoms with Crippen molar-refractivity contribution in [1.82, 2.24) is 4.40 Å². The van der Waals surface area contributed by atoms with E-state index < -0.39 is 18.2 Å². The van der Waals surface area contributed by atoms with E-state index in [1.165, 1.54) is 12.1 Å². The Morgan fingerprint density at radius 3 is 2.45 bits per heavy atom. The smallest absolute Gasteiger partial charge is 0.374 e. The molecule has 0 spiro atoms. The predicted molar refractivity (Wildman–Crippen MR) is 104 cm³/mol. The average molecular weight is 462 g/mol. The van der Waals surface area contributed by atoms with E-state index in [1.54, 1.807) is 22.7 Å². The minimum atomic E-state index is -4.82. The molecule has 1 atom stereocenters. The molecule has 0 fully saturated rings. The lowest BCUT2D eigenvalue weighted by atomic mass is 9.86. The standard InChI is InChI=1S/C19H10Cl3F3N2O2/c20-13-6-10(7-14(21)17(13)22)18(19(23,24)25)8-15(26-29-18)12-4-3-11(9-28)27-5-1-2-16(12)27/h1-7,9H,8H2. The number of alkyl halides is 3. The van der Waals surface area contributed by atoms with Crippen molar-refractivity contribution in [2.24, 2.45) is 5.16 Å². The Balaban J connectivity index is 1.83. The summed E-state index contributed by atoms with van der Waals surface area (Å²) in [7, 11) is 0. The fourth-order valence-electron chi connectivity index (χ4n) is 3.34. The molecule has 2 aromatic heterocycles.